The monoisotopic (exact) mass is 402 g/mol. The number of amides is 1. The first-order chi connectivity index (χ1) is 13.8. The van der Waals surface area contributed by atoms with Gasteiger partial charge >= 0.3 is 17.9 Å². The fraction of sp³-hybridized carbons (Fsp3) is 0.350. The molecule has 1 aromatic carbocycles. The minimum absolute atomic E-state index is 0.206. The van der Waals surface area contributed by atoms with E-state index in [0.29, 0.717) is 5.52 Å². The van der Waals surface area contributed by atoms with Crippen LogP contribution >= 0.6 is 0 Å². The minimum atomic E-state index is -1.43. The Labute approximate surface area is 167 Å². The van der Waals surface area contributed by atoms with Crippen LogP contribution in [0.25, 0.3) is 10.9 Å². The maximum absolute atomic E-state index is 12.7. The largest absolute Gasteiger partial charge is 0.468 e. The van der Waals surface area contributed by atoms with Gasteiger partial charge in [-0.3, -0.25) is 19.4 Å². The zero-order chi connectivity index (χ0) is 21.6. The number of para-hydroxylation sites is 1. The number of nitrogens with one attached hydrogen (secondary N) is 1. The zero-order valence-electron chi connectivity index (χ0n) is 16.5. The van der Waals surface area contributed by atoms with E-state index in [1.54, 1.807) is 18.2 Å². The molecule has 0 bridgehead atoms. The van der Waals surface area contributed by atoms with Crippen molar-refractivity contribution in [3.8, 4) is 0 Å². The second kappa shape index (κ2) is 9.63. The number of aromatic nitrogens is 1. The van der Waals surface area contributed by atoms with Crippen molar-refractivity contribution in [3.05, 3.63) is 42.1 Å². The van der Waals surface area contributed by atoms with Gasteiger partial charge in [0.1, 0.15) is 6.04 Å². The summed E-state index contributed by atoms with van der Waals surface area (Å²) in [5.74, 6) is -5.64. The van der Waals surface area contributed by atoms with Crippen LogP contribution in [0, 0.1) is 11.8 Å². The van der Waals surface area contributed by atoms with Gasteiger partial charge in [-0.05, 0) is 12.1 Å². The highest BCUT2D eigenvalue weighted by atomic mass is 16.5. The third-order valence-corrected chi connectivity index (χ3v) is 4.56. The number of esters is 3. The van der Waals surface area contributed by atoms with Crippen LogP contribution in [-0.2, 0) is 28.6 Å². The maximum atomic E-state index is 12.7. The molecule has 2 rings (SSSR count). The summed E-state index contributed by atoms with van der Waals surface area (Å²) in [4.78, 5) is 53.4. The molecule has 1 heterocycles. The lowest BCUT2D eigenvalue weighted by atomic mass is 9.87. The highest BCUT2D eigenvalue weighted by molar-refractivity contribution is 6.00. The van der Waals surface area contributed by atoms with Crippen molar-refractivity contribution in [1.29, 1.82) is 0 Å². The quantitative estimate of drug-likeness (QED) is 0.415. The van der Waals surface area contributed by atoms with Gasteiger partial charge in [0.15, 0.2) is 5.92 Å². The fourth-order valence-corrected chi connectivity index (χ4v) is 2.92. The molecule has 2 aromatic rings. The van der Waals surface area contributed by atoms with Gasteiger partial charge < -0.3 is 19.5 Å². The Hall–Kier alpha value is -3.49. The van der Waals surface area contributed by atoms with E-state index in [4.69, 9.17) is 4.74 Å². The molecule has 0 aliphatic carbocycles. The van der Waals surface area contributed by atoms with E-state index in [2.05, 4.69) is 19.8 Å². The van der Waals surface area contributed by atoms with Crippen LogP contribution in [0.1, 0.15) is 17.3 Å². The number of carbonyl (C=O) groups is 4. The van der Waals surface area contributed by atoms with Gasteiger partial charge in [-0.1, -0.05) is 25.1 Å². The lowest BCUT2D eigenvalue weighted by Gasteiger charge is -2.27. The van der Waals surface area contributed by atoms with Crippen LogP contribution in [0.5, 0.6) is 0 Å². The number of ether oxygens (including phenoxy) is 3. The summed E-state index contributed by atoms with van der Waals surface area (Å²) >= 11 is 0. The van der Waals surface area contributed by atoms with Crippen molar-refractivity contribution < 1.29 is 33.4 Å². The number of methoxy groups -OCH3 is 3. The first kappa shape index (κ1) is 21.8. The predicted octanol–water partition coefficient (Wildman–Crippen LogP) is 1.10. The van der Waals surface area contributed by atoms with Gasteiger partial charge in [0.2, 0.25) is 0 Å². The topological polar surface area (TPSA) is 121 Å². The summed E-state index contributed by atoms with van der Waals surface area (Å²) in [5.41, 5.74) is 0.913. The summed E-state index contributed by atoms with van der Waals surface area (Å²) in [6.45, 7) is 1.44. The third kappa shape index (κ3) is 4.87. The highest BCUT2D eigenvalue weighted by Crippen LogP contribution is 2.21. The van der Waals surface area contributed by atoms with E-state index < -0.39 is 41.7 Å². The molecular weight excluding hydrogens is 380 g/mol. The summed E-state index contributed by atoms with van der Waals surface area (Å²) in [6.07, 6.45) is 1.37. The predicted molar refractivity (Wildman–Crippen MR) is 102 cm³/mol. The molecule has 2 atom stereocenters. The molecule has 0 radical (unpaired) electrons. The molecule has 0 saturated carbocycles. The van der Waals surface area contributed by atoms with Crippen LogP contribution in [0.3, 0.4) is 0 Å². The molecule has 0 unspecified atom stereocenters. The number of nitrogens with zero attached hydrogens (tertiary/aromatic N) is 1. The van der Waals surface area contributed by atoms with Gasteiger partial charge in [-0.15, -0.1) is 0 Å². The van der Waals surface area contributed by atoms with Crippen molar-refractivity contribution in [2.24, 2.45) is 11.8 Å². The molecule has 1 aromatic heterocycles. The van der Waals surface area contributed by atoms with E-state index in [1.807, 2.05) is 12.1 Å². The van der Waals surface area contributed by atoms with Gasteiger partial charge in [-0.2, -0.15) is 0 Å². The molecule has 9 heteroatoms. The summed E-state index contributed by atoms with van der Waals surface area (Å²) < 4.78 is 14.0. The molecule has 0 spiro atoms. The zero-order valence-corrected chi connectivity index (χ0v) is 16.5. The van der Waals surface area contributed by atoms with Gasteiger partial charge in [0, 0.05) is 17.5 Å². The van der Waals surface area contributed by atoms with Crippen molar-refractivity contribution in [2.45, 2.75) is 13.0 Å². The second-order valence-corrected chi connectivity index (χ2v) is 6.27. The molecule has 9 nitrogen and oxygen atoms in total. The van der Waals surface area contributed by atoms with Gasteiger partial charge in [0.25, 0.3) is 5.91 Å². The smallest absolute Gasteiger partial charge is 0.328 e. The Balaban J connectivity index is 2.33. The number of hydrogen-bond donors (Lipinski definition) is 1. The van der Waals surface area contributed by atoms with E-state index in [0.717, 1.165) is 26.7 Å². The van der Waals surface area contributed by atoms with Crippen LogP contribution < -0.4 is 5.32 Å². The molecule has 29 heavy (non-hydrogen) atoms. The Kier molecular flexibility index (Phi) is 7.24. The number of carbonyl (C=O) groups excluding carboxylic acids is 4. The molecule has 1 amide bonds. The Morgan fingerprint density at radius 2 is 1.52 bits per heavy atom. The average molecular weight is 402 g/mol. The van der Waals surface area contributed by atoms with E-state index in [-0.39, 0.29) is 5.56 Å². The Morgan fingerprint density at radius 1 is 0.931 bits per heavy atom. The lowest BCUT2D eigenvalue weighted by Crippen LogP contribution is -2.51. The number of hydrogen-bond acceptors (Lipinski definition) is 8. The average Bonchev–Trinajstić information content (AvgIpc) is 2.75. The first-order valence-electron chi connectivity index (χ1n) is 8.73. The second-order valence-electron chi connectivity index (χ2n) is 6.27. The molecule has 154 valence electrons. The normalized spacial score (nSPS) is 12.7. The van der Waals surface area contributed by atoms with Crippen molar-refractivity contribution in [3.63, 3.8) is 0 Å². The molecule has 0 saturated heterocycles. The number of fused-ring (bicyclic) bond motifs is 1. The van der Waals surface area contributed by atoms with Gasteiger partial charge in [0.05, 0.1) is 32.4 Å². The lowest BCUT2D eigenvalue weighted by molar-refractivity contribution is -0.162. The SMILES string of the molecule is COC(=O)C(C(=O)OC)[C@@H](C)[C@@H](NC(=O)c1cnc2ccccc2c1)C(=O)OC. The van der Waals surface area contributed by atoms with Crippen LogP contribution in [0.2, 0.25) is 0 Å². The van der Waals surface area contributed by atoms with Crippen LogP contribution in [-0.4, -0.2) is 56.2 Å². The van der Waals surface area contributed by atoms with Crippen molar-refractivity contribution >= 4 is 34.7 Å². The Morgan fingerprint density at radius 3 is 2.10 bits per heavy atom. The summed E-state index contributed by atoms with van der Waals surface area (Å²) in [5, 5.41) is 3.26. The number of pyridine rings is 1. The third-order valence-electron chi connectivity index (χ3n) is 4.56. The minimum Gasteiger partial charge on any atom is -0.468 e. The molecule has 1 N–H and O–H groups in total. The van der Waals surface area contributed by atoms with E-state index >= 15 is 0 Å². The number of rotatable bonds is 7. The molecular formula is C20H22N2O7. The van der Waals surface area contributed by atoms with Gasteiger partial charge in [-0.25, -0.2) is 4.79 Å². The van der Waals surface area contributed by atoms with Crippen LogP contribution in [0.4, 0.5) is 0 Å². The standard InChI is InChI=1S/C20H22N2O7/c1-11(15(18(24)27-2)19(25)28-3)16(20(26)29-4)22-17(23)13-9-12-7-5-6-8-14(12)21-10-13/h5-11,15-16H,1-4H3,(H,22,23)/t11-,16-/m1/s1. The first-order valence-corrected chi connectivity index (χ1v) is 8.73. The van der Waals surface area contributed by atoms with Crippen molar-refractivity contribution in [1.82, 2.24) is 10.3 Å². The fourth-order valence-electron chi connectivity index (χ4n) is 2.92. The number of benzene rings is 1. The van der Waals surface area contributed by atoms with E-state index in [1.165, 1.54) is 13.1 Å². The summed E-state index contributed by atoms with van der Waals surface area (Å²) in [7, 11) is 3.35. The molecule has 0 fully saturated rings. The van der Waals surface area contributed by atoms with Crippen LogP contribution in [0.15, 0.2) is 36.5 Å². The highest BCUT2D eigenvalue weighted by Gasteiger charge is 2.42. The molecule has 0 aliphatic heterocycles. The maximum Gasteiger partial charge on any atom is 0.328 e. The Bertz CT molecular complexity index is 912. The van der Waals surface area contributed by atoms with Crippen molar-refractivity contribution in [2.75, 3.05) is 21.3 Å². The summed E-state index contributed by atoms with van der Waals surface area (Å²) in [6, 6.07) is 7.54. The van der Waals surface area contributed by atoms with E-state index in [9.17, 15) is 19.2 Å². The molecule has 0 aliphatic rings.